The maximum Gasteiger partial charge on any atom is 0.0328 e. The van der Waals surface area contributed by atoms with Crippen LogP contribution in [-0.4, -0.2) is 36.6 Å². The number of likely N-dealkylation sites (N-methyl/N-ethyl adjacent to an activating group) is 1. The Hall–Kier alpha value is -0.0800. The average Bonchev–Trinajstić information content (AvgIpc) is 2.28. The quantitative estimate of drug-likeness (QED) is 0.745. The molecule has 1 N–H and O–H groups in total. The molecule has 0 aromatic carbocycles. The zero-order valence-electron chi connectivity index (χ0n) is 10.3. The van der Waals surface area contributed by atoms with Gasteiger partial charge < -0.3 is 5.32 Å². The zero-order chi connectivity index (χ0) is 10.6. The molecule has 0 bridgehead atoms. The minimum atomic E-state index is 0.342. The van der Waals surface area contributed by atoms with Gasteiger partial charge in [-0.2, -0.15) is 0 Å². The van der Waals surface area contributed by atoms with E-state index in [-0.39, 0.29) is 0 Å². The van der Waals surface area contributed by atoms with Gasteiger partial charge in [-0.3, -0.25) is 4.90 Å². The minimum Gasteiger partial charge on any atom is -0.315 e. The maximum atomic E-state index is 3.41. The molecule has 0 radical (unpaired) electrons. The highest BCUT2D eigenvalue weighted by molar-refractivity contribution is 4.94. The Bertz CT molecular complexity index is 164. The lowest BCUT2D eigenvalue weighted by molar-refractivity contribution is 0.0507. The van der Waals surface area contributed by atoms with Crippen molar-refractivity contribution in [2.24, 2.45) is 0 Å². The van der Waals surface area contributed by atoms with E-state index in [1.54, 1.807) is 0 Å². The molecule has 2 nitrogen and oxygen atoms in total. The highest BCUT2D eigenvalue weighted by Gasteiger charge is 2.35. The first-order valence-corrected chi connectivity index (χ1v) is 6.07. The van der Waals surface area contributed by atoms with Crippen molar-refractivity contribution in [1.82, 2.24) is 10.2 Å². The lowest BCUT2D eigenvalue weighted by Gasteiger charge is -2.47. The van der Waals surface area contributed by atoms with Crippen LogP contribution in [0.3, 0.4) is 0 Å². The molecule has 1 aliphatic rings. The highest BCUT2D eigenvalue weighted by atomic mass is 15.2. The van der Waals surface area contributed by atoms with Crippen LogP contribution in [-0.2, 0) is 0 Å². The molecule has 1 saturated heterocycles. The number of likely N-dealkylation sites (tertiary alicyclic amines) is 1. The smallest absolute Gasteiger partial charge is 0.0328 e. The van der Waals surface area contributed by atoms with Crippen molar-refractivity contribution in [2.45, 2.75) is 58.0 Å². The van der Waals surface area contributed by atoms with Gasteiger partial charge in [0, 0.05) is 11.6 Å². The van der Waals surface area contributed by atoms with E-state index in [9.17, 15) is 0 Å². The van der Waals surface area contributed by atoms with Gasteiger partial charge in [-0.25, -0.2) is 0 Å². The zero-order valence-corrected chi connectivity index (χ0v) is 10.3. The maximum absolute atomic E-state index is 3.41. The summed E-state index contributed by atoms with van der Waals surface area (Å²) in [6.07, 6.45) is 5.41. The number of hydrogen-bond donors (Lipinski definition) is 1. The molecule has 0 amide bonds. The average molecular weight is 198 g/mol. The molecule has 0 spiro atoms. The van der Waals surface area contributed by atoms with Crippen molar-refractivity contribution in [2.75, 3.05) is 20.1 Å². The second-order valence-electron chi connectivity index (χ2n) is 4.77. The molecule has 2 heteroatoms. The molecule has 2 unspecified atom stereocenters. The predicted octanol–water partition coefficient (Wildman–Crippen LogP) is 2.25. The summed E-state index contributed by atoms with van der Waals surface area (Å²) in [6, 6.07) is 0.575. The van der Waals surface area contributed by atoms with Crippen molar-refractivity contribution in [3.05, 3.63) is 0 Å². The van der Waals surface area contributed by atoms with E-state index in [2.05, 4.69) is 38.0 Å². The molecule has 1 rings (SSSR count). The molecule has 1 heterocycles. The summed E-state index contributed by atoms with van der Waals surface area (Å²) in [5, 5.41) is 3.41. The molecular weight excluding hydrogens is 172 g/mol. The van der Waals surface area contributed by atoms with E-state index >= 15 is 0 Å². The Kier molecular flexibility index (Phi) is 4.39. The topological polar surface area (TPSA) is 15.3 Å². The van der Waals surface area contributed by atoms with Crippen LogP contribution < -0.4 is 5.32 Å². The second-order valence-corrected chi connectivity index (χ2v) is 4.77. The largest absolute Gasteiger partial charge is 0.315 e. The van der Waals surface area contributed by atoms with Crippen molar-refractivity contribution in [1.29, 1.82) is 0 Å². The van der Waals surface area contributed by atoms with Crippen LogP contribution in [0.1, 0.15) is 46.5 Å². The molecular formula is C12H26N2. The molecule has 0 aromatic rings. The number of piperidine rings is 1. The van der Waals surface area contributed by atoms with Crippen LogP contribution in [0.5, 0.6) is 0 Å². The van der Waals surface area contributed by atoms with Crippen LogP contribution in [0.4, 0.5) is 0 Å². The van der Waals surface area contributed by atoms with Gasteiger partial charge in [-0.1, -0.05) is 13.3 Å². The van der Waals surface area contributed by atoms with Crippen LogP contribution >= 0.6 is 0 Å². The normalized spacial score (nSPS) is 25.7. The summed E-state index contributed by atoms with van der Waals surface area (Å²) in [4.78, 5) is 2.68. The van der Waals surface area contributed by atoms with Gasteiger partial charge in [0.05, 0.1) is 0 Å². The molecule has 2 atom stereocenters. The Labute approximate surface area is 89.1 Å². The number of rotatable bonds is 4. The van der Waals surface area contributed by atoms with Crippen molar-refractivity contribution >= 4 is 0 Å². The molecule has 0 aromatic heterocycles. The molecule has 1 fully saturated rings. The van der Waals surface area contributed by atoms with E-state index in [1.807, 2.05) is 0 Å². The van der Waals surface area contributed by atoms with E-state index < -0.39 is 0 Å². The number of nitrogens with zero attached hydrogens (tertiary/aromatic N) is 1. The van der Waals surface area contributed by atoms with Gasteiger partial charge >= 0.3 is 0 Å². The Morgan fingerprint density at radius 2 is 1.86 bits per heavy atom. The standard InChI is InChI=1S/C12H26N2/c1-5-12(3,11(2)13-4)14-9-7-6-8-10-14/h11,13H,5-10H2,1-4H3. The van der Waals surface area contributed by atoms with Gasteiger partial charge in [0.15, 0.2) is 0 Å². The fraction of sp³-hybridized carbons (Fsp3) is 1.00. The summed E-state index contributed by atoms with van der Waals surface area (Å²) in [5.41, 5.74) is 0.342. The summed E-state index contributed by atoms with van der Waals surface area (Å²) in [5.74, 6) is 0. The highest BCUT2D eigenvalue weighted by Crippen LogP contribution is 2.27. The first-order chi connectivity index (χ1) is 6.65. The lowest BCUT2D eigenvalue weighted by Crippen LogP contribution is -2.58. The van der Waals surface area contributed by atoms with Crippen LogP contribution in [0.15, 0.2) is 0 Å². The van der Waals surface area contributed by atoms with Gasteiger partial charge in [0.2, 0.25) is 0 Å². The molecule has 14 heavy (non-hydrogen) atoms. The number of nitrogens with one attached hydrogen (secondary N) is 1. The third-order valence-corrected chi connectivity index (χ3v) is 4.16. The first kappa shape index (κ1) is 12.0. The van der Waals surface area contributed by atoms with Gasteiger partial charge in [0.25, 0.3) is 0 Å². The predicted molar refractivity (Wildman–Crippen MR) is 62.6 cm³/mol. The van der Waals surface area contributed by atoms with Crippen molar-refractivity contribution < 1.29 is 0 Å². The fourth-order valence-electron chi connectivity index (χ4n) is 2.52. The van der Waals surface area contributed by atoms with Crippen LogP contribution in [0.2, 0.25) is 0 Å². The van der Waals surface area contributed by atoms with Crippen molar-refractivity contribution in [3.63, 3.8) is 0 Å². The van der Waals surface area contributed by atoms with Gasteiger partial charge in [0.1, 0.15) is 0 Å². The number of hydrogen-bond acceptors (Lipinski definition) is 2. The minimum absolute atomic E-state index is 0.342. The molecule has 1 aliphatic heterocycles. The van der Waals surface area contributed by atoms with Gasteiger partial charge in [-0.15, -0.1) is 0 Å². The Morgan fingerprint density at radius 1 is 1.29 bits per heavy atom. The van der Waals surface area contributed by atoms with E-state index in [4.69, 9.17) is 0 Å². The SMILES string of the molecule is CCC(C)(C(C)NC)N1CCCCC1. The third kappa shape index (κ3) is 2.29. The van der Waals surface area contributed by atoms with Crippen LogP contribution in [0.25, 0.3) is 0 Å². The summed E-state index contributed by atoms with van der Waals surface area (Å²) >= 11 is 0. The summed E-state index contributed by atoms with van der Waals surface area (Å²) in [6.45, 7) is 9.59. The van der Waals surface area contributed by atoms with E-state index in [0.717, 1.165) is 0 Å². The third-order valence-electron chi connectivity index (χ3n) is 4.16. The molecule has 84 valence electrons. The Balaban J connectivity index is 2.65. The van der Waals surface area contributed by atoms with Crippen LogP contribution in [0, 0.1) is 0 Å². The summed E-state index contributed by atoms with van der Waals surface area (Å²) < 4.78 is 0. The van der Waals surface area contributed by atoms with E-state index in [0.29, 0.717) is 11.6 Å². The molecule has 0 saturated carbocycles. The van der Waals surface area contributed by atoms with Gasteiger partial charge in [-0.05, 0) is 53.2 Å². The lowest BCUT2D eigenvalue weighted by atomic mass is 9.86. The van der Waals surface area contributed by atoms with Crippen molar-refractivity contribution in [3.8, 4) is 0 Å². The first-order valence-electron chi connectivity index (χ1n) is 6.07. The second kappa shape index (κ2) is 5.13. The Morgan fingerprint density at radius 3 is 2.29 bits per heavy atom. The monoisotopic (exact) mass is 198 g/mol. The van der Waals surface area contributed by atoms with E-state index in [1.165, 1.54) is 38.8 Å². The molecule has 0 aliphatic carbocycles. The fourth-order valence-corrected chi connectivity index (χ4v) is 2.52. The summed E-state index contributed by atoms with van der Waals surface area (Å²) in [7, 11) is 2.07.